The maximum atomic E-state index is 13.4. The fraction of sp³-hybridized carbons (Fsp3) is 0.704. The molecule has 2 aliphatic rings. The lowest BCUT2D eigenvalue weighted by molar-refractivity contribution is 0.00410. The van der Waals surface area contributed by atoms with Gasteiger partial charge in [-0.1, -0.05) is 30.2 Å². The van der Waals surface area contributed by atoms with Crippen molar-refractivity contribution in [3.8, 4) is 0 Å². The minimum absolute atomic E-state index is 0.0172. The second kappa shape index (κ2) is 16.0. The van der Waals surface area contributed by atoms with Gasteiger partial charge in [0, 0.05) is 56.4 Å². The minimum atomic E-state index is -0.489. The van der Waals surface area contributed by atoms with Crippen LogP contribution in [0.15, 0.2) is 24.3 Å². The van der Waals surface area contributed by atoms with Crippen LogP contribution in [0.5, 0.6) is 0 Å². The lowest BCUT2D eigenvalue weighted by Crippen LogP contribution is -2.50. The number of rotatable bonds is 11. The third-order valence-corrected chi connectivity index (χ3v) is 7.43. The largest absolute Gasteiger partial charge is 0.453 e. The first-order valence-electron chi connectivity index (χ1n) is 13.5. The molecule has 0 aliphatic carbocycles. The molecule has 2 aliphatic heterocycles. The number of likely N-dealkylation sites (tertiary alicyclic amines) is 1. The van der Waals surface area contributed by atoms with Crippen LogP contribution in [-0.4, -0.2) is 83.2 Å². The number of nitrogens with one attached hydrogen (secondary N) is 3. The Balaban J connectivity index is 1.66. The van der Waals surface area contributed by atoms with Crippen molar-refractivity contribution in [2.75, 3.05) is 60.2 Å². The molecule has 3 atom stereocenters. The highest BCUT2D eigenvalue weighted by Gasteiger charge is 2.31. The normalized spacial score (nSPS) is 20.5. The second-order valence-electron chi connectivity index (χ2n) is 9.96. The van der Waals surface area contributed by atoms with Crippen molar-refractivity contribution in [3.05, 3.63) is 34.9 Å². The molecule has 3 rings (SSSR count). The van der Waals surface area contributed by atoms with E-state index in [4.69, 9.17) is 21.1 Å². The number of ether oxygens (including phenoxy) is 3. The summed E-state index contributed by atoms with van der Waals surface area (Å²) in [5, 5.41) is 9.84. The zero-order valence-electron chi connectivity index (χ0n) is 22.2. The summed E-state index contributed by atoms with van der Waals surface area (Å²) >= 11 is 6.31. The number of nitrogens with zero attached hydrogens (tertiary/aromatic N) is 1. The first-order valence-corrected chi connectivity index (χ1v) is 13.8. The molecular formula is C27H43ClN4O5. The van der Waals surface area contributed by atoms with E-state index >= 15 is 0 Å². The fourth-order valence-corrected chi connectivity index (χ4v) is 5.49. The molecule has 208 valence electrons. The van der Waals surface area contributed by atoms with Crippen LogP contribution in [0, 0.1) is 11.8 Å². The topological polar surface area (TPSA) is 101 Å². The van der Waals surface area contributed by atoms with E-state index in [1.54, 1.807) is 0 Å². The van der Waals surface area contributed by atoms with Crippen molar-refractivity contribution in [1.82, 2.24) is 20.9 Å². The molecule has 0 saturated carbocycles. The monoisotopic (exact) mass is 538 g/mol. The van der Waals surface area contributed by atoms with Gasteiger partial charge in [0.2, 0.25) is 0 Å². The number of methoxy groups -OCH3 is 1. The summed E-state index contributed by atoms with van der Waals surface area (Å²) in [6.45, 7) is 4.32. The molecule has 2 heterocycles. The molecule has 3 amide bonds. The molecule has 2 saturated heterocycles. The lowest BCUT2D eigenvalue weighted by Gasteiger charge is -2.33. The summed E-state index contributed by atoms with van der Waals surface area (Å²) in [4.78, 5) is 26.8. The summed E-state index contributed by atoms with van der Waals surface area (Å²) < 4.78 is 16.5. The zero-order chi connectivity index (χ0) is 26.5. The smallest absolute Gasteiger partial charge is 0.406 e. The van der Waals surface area contributed by atoms with Gasteiger partial charge in [-0.2, -0.15) is 0 Å². The van der Waals surface area contributed by atoms with Gasteiger partial charge in [0.15, 0.2) is 0 Å². The second-order valence-corrected chi connectivity index (χ2v) is 10.4. The molecule has 1 aromatic rings. The van der Waals surface area contributed by atoms with Crippen molar-refractivity contribution < 1.29 is 23.8 Å². The van der Waals surface area contributed by atoms with Gasteiger partial charge >= 0.3 is 12.1 Å². The van der Waals surface area contributed by atoms with Crippen molar-refractivity contribution in [1.29, 1.82) is 0 Å². The van der Waals surface area contributed by atoms with Gasteiger partial charge in [-0.05, 0) is 62.8 Å². The van der Waals surface area contributed by atoms with E-state index in [1.807, 2.05) is 36.2 Å². The molecule has 0 aromatic heterocycles. The summed E-state index contributed by atoms with van der Waals surface area (Å²) in [6, 6.07) is 7.75. The van der Waals surface area contributed by atoms with Gasteiger partial charge in [0.05, 0.1) is 19.8 Å². The molecule has 37 heavy (non-hydrogen) atoms. The third kappa shape index (κ3) is 9.96. The summed E-state index contributed by atoms with van der Waals surface area (Å²) in [7, 11) is 3.26. The maximum Gasteiger partial charge on any atom is 0.406 e. The van der Waals surface area contributed by atoms with Crippen LogP contribution >= 0.6 is 11.6 Å². The predicted molar refractivity (Wildman–Crippen MR) is 144 cm³/mol. The van der Waals surface area contributed by atoms with Gasteiger partial charge in [0.25, 0.3) is 0 Å². The van der Waals surface area contributed by atoms with Crippen LogP contribution in [0.4, 0.5) is 9.59 Å². The number of likely N-dealkylation sites (N-methyl/N-ethyl adjacent to an activating group) is 1. The first-order chi connectivity index (χ1) is 18.0. The SMILES string of the molecule is CNC[C@H](CC1CCOCC1)NC(=O)N1CCCC[C@@H]([C@@H](OCCNC(=O)OC)c2cccc(Cl)c2)C1. The molecule has 1 aromatic carbocycles. The first kappa shape index (κ1) is 29.5. The van der Waals surface area contributed by atoms with Gasteiger partial charge in [-0.25, -0.2) is 9.59 Å². The third-order valence-electron chi connectivity index (χ3n) is 7.19. The Morgan fingerprint density at radius 1 is 1.22 bits per heavy atom. The number of hydrogen-bond donors (Lipinski definition) is 3. The van der Waals surface area contributed by atoms with Crippen LogP contribution in [0.25, 0.3) is 0 Å². The number of carbonyl (C=O) groups excluding carboxylic acids is 2. The zero-order valence-corrected chi connectivity index (χ0v) is 22.9. The van der Waals surface area contributed by atoms with E-state index in [-0.39, 0.29) is 24.1 Å². The number of alkyl carbamates (subject to hydrolysis) is 1. The van der Waals surface area contributed by atoms with Crippen LogP contribution in [0.1, 0.15) is 50.2 Å². The van der Waals surface area contributed by atoms with Crippen molar-refractivity contribution in [2.24, 2.45) is 11.8 Å². The number of amides is 3. The average molecular weight is 539 g/mol. The number of benzene rings is 1. The number of hydrogen-bond acceptors (Lipinski definition) is 6. The standard InChI is InChI=1S/C27H43ClN4O5/c1-29-18-24(16-20-9-13-36-14-10-20)31-26(33)32-12-4-3-6-22(19-32)25(21-7-5-8-23(28)17-21)37-15-11-30-27(34)35-2/h5,7-8,17,20,22,24-25,29H,3-4,6,9-16,18-19H2,1-2H3,(H,30,34)(H,31,33)/t22-,24+,25+/m1/s1. The van der Waals surface area contributed by atoms with Gasteiger partial charge in [-0.3, -0.25) is 0 Å². The molecular weight excluding hydrogens is 496 g/mol. The number of urea groups is 1. The highest BCUT2D eigenvalue weighted by Crippen LogP contribution is 2.33. The Kier molecular flexibility index (Phi) is 12.8. The van der Waals surface area contributed by atoms with E-state index in [0.717, 1.165) is 70.4 Å². The summed E-state index contributed by atoms with van der Waals surface area (Å²) in [6.07, 6.45) is 5.21. The molecule has 3 N–H and O–H groups in total. The molecule has 0 bridgehead atoms. The molecule has 0 radical (unpaired) electrons. The molecule has 0 spiro atoms. The lowest BCUT2D eigenvalue weighted by atomic mass is 9.91. The average Bonchev–Trinajstić information content (AvgIpc) is 3.15. The number of halogens is 1. The summed E-state index contributed by atoms with van der Waals surface area (Å²) in [5.74, 6) is 0.673. The van der Waals surface area contributed by atoms with Crippen LogP contribution in [0.3, 0.4) is 0 Å². The van der Waals surface area contributed by atoms with Crippen molar-refractivity contribution >= 4 is 23.7 Å². The van der Waals surface area contributed by atoms with Gasteiger partial charge in [-0.15, -0.1) is 0 Å². The predicted octanol–water partition coefficient (Wildman–Crippen LogP) is 3.97. The van der Waals surface area contributed by atoms with Crippen molar-refractivity contribution in [2.45, 2.75) is 50.7 Å². The van der Waals surface area contributed by atoms with E-state index in [1.165, 1.54) is 7.11 Å². The molecule has 9 nitrogen and oxygen atoms in total. The van der Waals surface area contributed by atoms with Crippen molar-refractivity contribution in [3.63, 3.8) is 0 Å². The molecule has 10 heteroatoms. The fourth-order valence-electron chi connectivity index (χ4n) is 5.30. The highest BCUT2D eigenvalue weighted by molar-refractivity contribution is 6.30. The van der Waals surface area contributed by atoms with Crippen LogP contribution in [-0.2, 0) is 14.2 Å². The highest BCUT2D eigenvalue weighted by atomic mass is 35.5. The van der Waals surface area contributed by atoms with Gasteiger partial charge in [0.1, 0.15) is 0 Å². The Labute approximate surface area is 225 Å². The Morgan fingerprint density at radius 3 is 2.76 bits per heavy atom. The van der Waals surface area contributed by atoms with E-state index in [0.29, 0.717) is 30.6 Å². The quantitative estimate of drug-likeness (QED) is 0.369. The number of carbonyl (C=O) groups is 2. The molecule has 2 fully saturated rings. The van der Waals surface area contributed by atoms with Gasteiger partial charge < -0.3 is 35.1 Å². The van der Waals surface area contributed by atoms with Crippen LogP contribution < -0.4 is 16.0 Å². The van der Waals surface area contributed by atoms with E-state index in [2.05, 4.69) is 20.7 Å². The van der Waals surface area contributed by atoms with Crippen LogP contribution in [0.2, 0.25) is 5.02 Å². The maximum absolute atomic E-state index is 13.4. The Morgan fingerprint density at radius 2 is 2.03 bits per heavy atom. The van der Waals surface area contributed by atoms with E-state index < -0.39 is 6.09 Å². The molecule has 0 unspecified atom stereocenters. The minimum Gasteiger partial charge on any atom is -0.453 e. The summed E-state index contributed by atoms with van der Waals surface area (Å²) in [5.41, 5.74) is 0.977. The van der Waals surface area contributed by atoms with E-state index in [9.17, 15) is 9.59 Å². The Hall–Kier alpha value is -2.07. The Bertz CT molecular complexity index is 839.